The molecule has 1 N–H and O–H groups in total. The number of Topliss-reactive ketones (excluding diaryl/α,β-unsaturated/α-hetero) is 1. The third kappa shape index (κ3) is 4.69. The lowest BCUT2D eigenvalue weighted by Gasteiger charge is -2.12. The van der Waals surface area contributed by atoms with Gasteiger partial charge in [-0.2, -0.15) is 0 Å². The lowest BCUT2D eigenvalue weighted by molar-refractivity contribution is -0.114. The van der Waals surface area contributed by atoms with Crippen molar-refractivity contribution in [2.24, 2.45) is 0 Å². The minimum Gasteiger partial charge on any atom is -0.326 e. The van der Waals surface area contributed by atoms with E-state index in [0.717, 1.165) is 18.1 Å². The fourth-order valence-corrected chi connectivity index (χ4v) is 3.16. The zero-order valence-electron chi connectivity index (χ0n) is 13.6. The standard InChI is InChI=1S/C17H21N3O2S/c1-4-10-20-11-9-18-17(20)23-12(2)16(22)14-5-7-15(8-6-14)19-13(3)21/h5-9,11-12H,4,10H2,1-3H3,(H,19,21). The Morgan fingerprint density at radius 3 is 2.61 bits per heavy atom. The molecule has 2 rings (SSSR count). The van der Waals surface area contributed by atoms with Crippen molar-refractivity contribution in [3.05, 3.63) is 42.2 Å². The van der Waals surface area contributed by atoms with Crippen LogP contribution in [0.25, 0.3) is 0 Å². The third-order valence-electron chi connectivity index (χ3n) is 3.28. The van der Waals surface area contributed by atoms with Crippen LogP contribution < -0.4 is 5.32 Å². The van der Waals surface area contributed by atoms with Crippen LogP contribution in [-0.4, -0.2) is 26.5 Å². The summed E-state index contributed by atoms with van der Waals surface area (Å²) in [6, 6.07) is 6.96. The molecule has 23 heavy (non-hydrogen) atoms. The molecule has 1 aromatic heterocycles. The molecule has 1 aromatic carbocycles. The molecule has 0 saturated heterocycles. The lowest BCUT2D eigenvalue weighted by Crippen LogP contribution is -2.15. The van der Waals surface area contributed by atoms with Crippen LogP contribution in [0.15, 0.2) is 41.8 Å². The number of hydrogen-bond donors (Lipinski definition) is 1. The maximum atomic E-state index is 12.5. The number of nitrogens with one attached hydrogen (secondary N) is 1. The maximum Gasteiger partial charge on any atom is 0.221 e. The quantitative estimate of drug-likeness (QED) is 0.622. The molecule has 0 saturated carbocycles. The van der Waals surface area contributed by atoms with E-state index in [1.54, 1.807) is 30.5 Å². The molecule has 0 aliphatic heterocycles. The Kier molecular flexibility index (Phi) is 5.98. The number of amides is 1. The highest BCUT2D eigenvalue weighted by molar-refractivity contribution is 8.00. The first-order valence-corrected chi connectivity index (χ1v) is 8.49. The zero-order valence-corrected chi connectivity index (χ0v) is 14.4. The summed E-state index contributed by atoms with van der Waals surface area (Å²) in [7, 11) is 0. The van der Waals surface area contributed by atoms with Gasteiger partial charge in [-0.1, -0.05) is 18.7 Å². The van der Waals surface area contributed by atoms with E-state index in [9.17, 15) is 9.59 Å². The summed E-state index contributed by atoms with van der Waals surface area (Å²) in [6.07, 6.45) is 4.72. The van der Waals surface area contributed by atoms with Crippen LogP contribution in [0.4, 0.5) is 5.69 Å². The van der Waals surface area contributed by atoms with E-state index in [-0.39, 0.29) is 16.9 Å². The number of nitrogens with zero attached hydrogens (tertiary/aromatic N) is 2. The second-order valence-corrected chi connectivity index (χ2v) is 6.59. The molecule has 1 atom stereocenters. The Labute approximate surface area is 140 Å². The first-order chi connectivity index (χ1) is 11.0. The molecular weight excluding hydrogens is 310 g/mol. The molecule has 6 heteroatoms. The van der Waals surface area contributed by atoms with Gasteiger partial charge in [-0.25, -0.2) is 4.98 Å². The molecular formula is C17H21N3O2S. The molecule has 1 heterocycles. The number of rotatable bonds is 7. The van der Waals surface area contributed by atoms with Crippen molar-refractivity contribution in [2.75, 3.05) is 5.32 Å². The van der Waals surface area contributed by atoms with Gasteiger partial charge >= 0.3 is 0 Å². The minimum atomic E-state index is -0.223. The van der Waals surface area contributed by atoms with Crippen molar-refractivity contribution >= 4 is 29.1 Å². The van der Waals surface area contributed by atoms with Crippen molar-refractivity contribution in [3.63, 3.8) is 0 Å². The van der Waals surface area contributed by atoms with Gasteiger partial charge in [0.1, 0.15) is 0 Å². The fourth-order valence-electron chi connectivity index (χ4n) is 2.19. The number of thioether (sulfide) groups is 1. The highest BCUT2D eigenvalue weighted by Gasteiger charge is 2.18. The first kappa shape index (κ1) is 17.3. The van der Waals surface area contributed by atoms with Crippen molar-refractivity contribution in [1.82, 2.24) is 9.55 Å². The summed E-state index contributed by atoms with van der Waals surface area (Å²) >= 11 is 1.47. The minimum absolute atomic E-state index is 0.0513. The van der Waals surface area contributed by atoms with E-state index in [1.165, 1.54) is 18.7 Å². The van der Waals surface area contributed by atoms with Gasteiger partial charge in [-0.15, -0.1) is 0 Å². The van der Waals surface area contributed by atoms with Crippen molar-refractivity contribution in [3.8, 4) is 0 Å². The fraction of sp³-hybridized carbons (Fsp3) is 0.353. The molecule has 122 valence electrons. The second-order valence-electron chi connectivity index (χ2n) is 5.29. The topological polar surface area (TPSA) is 64.0 Å². The normalized spacial score (nSPS) is 12.0. The molecule has 0 radical (unpaired) electrons. The smallest absolute Gasteiger partial charge is 0.221 e. The maximum absolute atomic E-state index is 12.5. The number of ketones is 1. The molecule has 1 unspecified atom stereocenters. The summed E-state index contributed by atoms with van der Waals surface area (Å²) in [4.78, 5) is 27.9. The first-order valence-electron chi connectivity index (χ1n) is 7.61. The van der Waals surface area contributed by atoms with Gasteiger partial charge in [0.2, 0.25) is 5.91 Å². The SMILES string of the molecule is CCCn1ccnc1SC(C)C(=O)c1ccc(NC(C)=O)cc1. The van der Waals surface area contributed by atoms with Crippen LogP contribution in [0.3, 0.4) is 0 Å². The summed E-state index contributed by atoms with van der Waals surface area (Å²) in [5.41, 5.74) is 1.32. The zero-order chi connectivity index (χ0) is 16.8. The average molecular weight is 331 g/mol. The predicted octanol–water partition coefficient (Wildman–Crippen LogP) is 3.62. The van der Waals surface area contributed by atoms with E-state index >= 15 is 0 Å². The Hall–Kier alpha value is -2.08. The number of imidazole rings is 1. The highest BCUT2D eigenvalue weighted by atomic mass is 32.2. The third-order valence-corrected chi connectivity index (χ3v) is 4.40. The largest absolute Gasteiger partial charge is 0.326 e. The number of anilines is 1. The molecule has 5 nitrogen and oxygen atoms in total. The van der Waals surface area contributed by atoms with E-state index in [2.05, 4.69) is 21.8 Å². The van der Waals surface area contributed by atoms with E-state index in [4.69, 9.17) is 0 Å². The van der Waals surface area contributed by atoms with Crippen LogP contribution in [0, 0.1) is 0 Å². The molecule has 0 spiro atoms. The molecule has 0 aliphatic rings. The van der Waals surface area contributed by atoms with Crippen molar-refractivity contribution in [2.45, 2.75) is 44.1 Å². The lowest BCUT2D eigenvalue weighted by atomic mass is 10.1. The van der Waals surface area contributed by atoms with Gasteiger partial charge in [-0.05, 0) is 37.6 Å². The van der Waals surface area contributed by atoms with E-state index < -0.39 is 0 Å². The highest BCUT2D eigenvalue weighted by Crippen LogP contribution is 2.25. The number of carbonyl (C=O) groups excluding carboxylic acids is 2. The van der Waals surface area contributed by atoms with Gasteiger partial charge in [0, 0.05) is 37.1 Å². The molecule has 2 aromatic rings. The Bertz CT molecular complexity index is 679. The van der Waals surface area contributed by atoms with E-state index in [1.807, 2.05) is 13.1 Å². The summed E-state index contributed by atoms with van der Waals surface area (Å²) in [5, 5.41) is 3.33. The number of aromatic nitrogens is 2. The number of aryl methyl sites for hydroxylation is 1. The predicted molar refractivity (Wildman–Crippen MR) is 92.9 cm³/mol. The van der Waals surface area contributed by atoms with Crippen molar-refractivity contribution in [1.29, 1.82) is 0 Å². The monoisotopic (exact) mass is 331 g/mol. The molecule has 1 amide bonds. The molecule has 0 aliphatic carbocycles. The molecule has 0 fully saturated rings. The van der Waals surface area contributed by atoms with Gasteiger partial charge < -0.3 is 9.88 Å². The Morgan fingerprint density at radius 1 is 1.30 bits per heavy atom. The Morgan fingerprint density at radius 2 is 2.00 bits per heavy atom. The van der Waals surface area contributed by atoms with Gasteiger partial charge in [0.05, 0.1) is 5.25 Å². The van der Waals surface area contributed by atoms with Crippen LogP contribution in [0.5, 0.6) is 0 Å². The number of carbonyl (C=O) groups is 2. The van der Waals surface area contributed by atoms with Gasteiger partial charge in [0.25, 0.3) is 0 Å². The molecule has 0 bridgehead atoms. The van der Waals surface area contributed by atoms with Gasteiger partial charge in [-0.3, -0.25) is 9.59 Å². The van der Waals surface area contributed by atoms with Crippen LogP contribution in [0.2, 0.25) is 0 Å². The number of hydrogen-bond acceptors (Lipinski definition) is 4. The van der Waals surface area contributed by atoms with Crippen LogP contribution >= 0.6 is 11.8 Å². The average Bonchev–Trinajstić information content (AvgIpc) is 2.94. The van der Waals surface area contributed by atoms with Crippen molar-refractivity contribution < 1.29 is 9.59 Å². The van der Waals surface area contributed by atoms with Gasteiger partial charge in [0.15, 0.2) is 10.9 Å². The van der Waals surface area contributed by atoms with E-state index in [0.29, 0.717) is 11.3 Å². The van der Waals surface area contributed by atoms with Crippen LogP contribution in [0.1, 0.15) is 37.6 Å². The number of benzene rings is 1. The summed E-state index contributed by atoms with van der Waals surface area (Å²) in [5.74, 6) is -0.0776. The Balaban J connectivity index is 2.04. The van der Waals surface area contributed by atoms with Crippen LogP contribution in [-0.2, 0) is 11.3 Å². The summed E-state index contributed by atoms with van der Waals surface area (Å²) in [6.45, 7) is 6.35. The summed E-state index contributed by atoms with van der Waals surface area (Å²) < 4.78 is 2.06. The second kappa shape index (κ2) is 7.97.